The van der Waals surface area contributed by atoms with Gasteiger partial charge in [-0.2, -0.15) is 0 Å². The molecule has 35 heavy (non-hydrogen) atoms. The number of nitrogens with one attached hydrogen (secondary N) is 1. The number of hydrogen-bond donors (Lipinski definition) is 2. The lowest BCUT2D eigenvalue weighted by molar-refractivity contribution is 0.104. The predicted octanol–water partition coefficient (Wildman–Crippen LogP) is 6.07. The molecule has 8 heteroatoms. The molecule has 3 aromatic carbocycles. The molecule has 3 N–H and O–H groups in total. The molecule has 180 valence electrons. The highest BCUT2D eigenvalue weighted by Gasteiger charge is 2.32. The first-order valence-electron chi connectivity index (χ1n) is 10.9. The van der Waals surface area contributed by atoms with E-state index in [1.54, 1.807) is 42.5 Å². The van der Waals surface area contributed by atoms with Crippen molar-refractivity contribution in [2.45, 2.75) is 30.6 Å². The Labute approximate surface area is 209 Å². The van der Waals surface area contributed by atoms with Gasteiger partial charge in [-0.25, -0.2) is 8.42 Å². The van der Waals surface area contributed by atoms with Gasteiger partial charge in [-0.1, -0.05) is 48.0 Å². The van der Waals surface area contributed by atoms with E-state index in [9.17, 15) is 13.2 Å². The highest BCUT2D eigenvalue weighted by molar-refractivity contribution is 7.92. The number of hydrogen-bond acceptors (Lipinski definition) is 7. The lowest BCUT2D eigenvalue weighted by atomic mass is 10.1. The van der Waals surface area contributed by atoms with E-state index in [1.165, 1.54) is 19.2 Å². The predicted molar refractivity (Wildman–Crippen MR) is 141 cm³/mol. The van der Waals surface area contributed by atoms with Gasteiger partial charge >= 0.3 is 0 Å². The molecule has 0 bridgehead atoms. The number of nitrogen functional groups attached to an aromatic ring is 1. The number of benzene rings is 3. The zero-order chi connectivity index (χ0) is 25.3. The van der Waals surface area contributed by atoms with Crippen LogP contribution >= 0.6 is 11.3 Å². The molecule has 1 heterocycles. The zero-order valence-electron chi connectivity index (χ0n) is 19.9. The number of aryl methyl sites for hydroxylation is 3. The minimum atomic E-state index is -4.02. The van der Waals surface area contributed by atoms with Crippen molar-refractivity contribution in [1.29, 1.82) is 0 Å². The number of anilines is 3. The summed E-state index contributed by atoms with van der Waals surface area (Å²) in [7, 11) is -2.50. The molecule has 0 radical (unpaired) electrons. The summed E-state index contributed by atoms with van der Waals surface area (Å²) in [5.74, 6) is 0.147. The van der Waals surface area contributed by atoms with Crippen LogP contribution in [0.1, 0.15) is 31.9 Å². The Bertz CT molecular complexity index is 1500. The Morgan fingerprint density at radius 3 is 2.23 bits per heavy atom. The molecule has 6 nitrogen and oxygen atoms in total. The average Bonchev–Trinajstić information content (AvgIpc) is 3.17. The van der Waals surface area contributed by atoms with E-state index in [0.717, 1.165) is 33.7 Å². The number of ether oxygens (including phenoxy) is 1. The number of carbonyl (C=O) groups excluding carboxylic acids is 1. The van der Waals surface area contributed by atoms with Gasteiger partial charge in [0.25, 0.3) is 0 Å². The van der Waals surface area contributed by atoms with Crippen molar-refractivity contribution in [2.75, 3.05) is 18.2 Å². The summed E-state index contributed by atoms with van der Waals surface area (Å²) in [5.41, 5.74) is 10.5. The van der Waals surface area contributed by atoms with E-state index in [4.69, 9.17) is 10.5 Å². The highest BCUT2D eigenvalue weighted by atomic mass is 32.2. The third-order valence-electron chi connectivity index (χ3n) is 5.68. The van der Waals surface area contributed by atoms with Gasteiger partial charge in [0.15, 0.2) is 0 Å². The van der Waals surface area contributed by atoms with Crippen LogP contribution in [0.25, 0.3) is 0 Å². The van der Waals surface area contributed by atoms with E-state index >= 15 is 0 Å². The van der Waals surface area contributed by atoms with Crippen molar-refractivity contribution in [3.05, 3.63) is 93.9 Å². The van der Waals surface area contributed by atoms with Gasteiger partial charge in [0.05, 0.1) is 17.7 Å². The summed E-state index contributed by atoms with van der Waals surface area (Å²) in [6.45, 7) is 5.91. The van der Waals surface area contributed by atoms with Crippen molar-refractivity contribution in [2.24, 2.45) is 0 Å². The van der Waals surface area contributed by atoms with E-state index < -0.39 is 9.84 Å². The van der Waals surface area contributed by atoms with Crippen LogP contribution in [0.2, 0.25) is 0 Å². The SMILES string of the molecule is COc1cccc(C(=O)c2sc(Nc3c(C)cc(C)cc3C)c(S(=O)(=O)c3ccccc3)c2N)c1. The van der Waals surface area contributed by atoms with Gasteiger partial charge < -0.3 is 15.8 Å². The normalized spacial score (nSPS) is 11.3. The fraction of sp³-hybridized carbons (Fsp3) is 0.148. The van der Waals surface area contributed by atoms with Gasteiger partial charge in [0, 0.05) is 11.3 Å². The zero-order valence-corrected chi connectivity index (χ0v) is 21.5. The highest BCUT2D eigenvalue weighted by Crippen LogP contribution is 2.45. The van der Waals surface area contributed by atoms with Crippen LogP contribution < -0.4 is 15.8 Å². The number of rotatable bonds is 7. The summed E-state index contributed by atoms with van der Waals surface area (Å²) in [6, 6.07) is 18.8. The largest absolute Gasteiger partial charge is 0.497 e. The molecule has 4 aromatic rings. The molecule has 1 aromatic heterocycles. The first-order chi connectivity index (χ1) is 16.6. The molecule has 0 aliphatic rings. The van der Waals surface area contributed by atoms with Crippen molar-refractivity contribution in [3.63, 3.8) is 0 Å². The first kappa shape index (κ1) is 24.5. The summed E-state index contributed by atoms with van der Waals surface area (Å²) in [6.07, 6.45) is 0. The Kier molecular flexibility index (Phi) is 6.69. The van der Waals surface area contributed by atoms with Gasteiger partial charge in [0.2, 0.25) is 15.6 Å². The van der Waals surface area contributed by atoms with Crippen molar-refractivity contribution in [3.8, 4) is 5.75 Å². The topological polar surface area (TPSA) is 98.5 Å². The minimum Gasteiger partial charge on any atom is -0.497 e. The Hall–Kier alpha value is -3.62. The van der Waals surface area contributed by atoms with Crippen molar-refractivity contribution >= 4 is 43.3 Å². The molecular weight excluding hydrogens is 480 g/mol. The van der Waals surface area contributed by atoms with Crippen LogP contribution in [0.3, 0.4) is 0 Å². The Morgan fingerprint density at radius 1 is 0.943 bits per heavy atom. The number of thiophene rings is 1. The standard InChI is InChI=1S/C27H26N2O4S2/c1-16-13-17(2)23(18(3)14-16)29-27-26(35(31,32)21-11-6-5-7-12-21)22(28)25(34-27)24(30)19-9-8-10-20(15-19)33-4/h5-15,29H,28H2,1-4H3. The molecule has 0 saturated heterocycles. The molecule has 0 unspecified atom stereocenters. The molecule has 0 atom stereocenters. The number of sulfone groups is 1. The lowest BCUT2D eigenvalue weighted by Gasteiger charge is -2.14. The summed E-state index contributed by atoms with van der Waals surface area (Å²) < 4.78 is 32.7. The van der Waals surface area contributed by atoms with Crippen LogP contribution in [0.5, 0.6) is 5.75 Å². The van der Waals surface area contributed by atoms with Gasteiger partial charge in [-0.05, 0) is 56.2 Å². The van der Waals surface area contributed by atoms with Crippen LogP contribution in [0.15, 0.2) is 76.5 Å². The second-order valence-electron chi connectivity index (χ2n) is 8.28. The average molecular weight is 507 g/mol. The molecular formula is C27H26N2O4S2. The Balaban J connectivity index is 1.92. The third kappa shape index (κ3) is 4.67. The number of ketones is 1. The molecule has 0 amide bonds. The van der Waals surface area contributed by atoms with Crippen LogP contribution in [-0.4, -0.2) is 21.3 Å². The Morgan fingerprint density at radius 2 is 1.60 bits per heavy atom. The lowest BCUT2D eigenvalue weighted by Crippen LogP contribution is -2.08. The maximum absolute atomic E-state index is 13.7. The fourth-order valence-electron chi connectivity index (χ4n) is 4.05. The second kappa shape index (κ2) is 9.56. The van der Waals surface area contributed by atoms with Gasteiger partial charge in [-0.15, -0.1) is 11.3 Å². The molecule has 4 rings (SSSR count). The third-order valence-corrected chi connectivity index (χ3v) is 8.78. The smallest absolute Gasteiger partial charge is 0.211 e. The monoisotopic (exact) mass is 506 g/mol. The van der Waals surface area contributed by atoms with E-state index in [0.29, 0.717) is 16.3 Å². The number of nitrogens with two attached hydrogens (primary N) is 1. The van der Waals surface area contributed by atoms with Gasteiger partial charge in [0.1, 0.15) is 20.5 Å². The van der Waals surface area contributed by atoms with Crippen LogP contribution in [0.4, 0.5) is 16.4 Å². The van der Waals surface area contributed by atoms with Crippen molar-refractivity contribution < 1.29 is 17.9 Å². The second-order valence-corrected chi connectivity index (χ2v) is 11.2. The maximum Gasteiger partial charge on any atom is 0.211 e. The summed E-state index contributed by atoms with van der Waals surface area (Å²) in [4.78, 5) is 13.6. The molecule has 0 aliphatic heterocycles. The van der Waals surface area contributed by atoms with Crippen LogP contribution in [0, 0.1) is 20.8 Å². The van der Waals surface area contributed by atoms with E-state index in [2.05, 4.69) is 5.32 Å². The minimum absolute atomic E-state index is 0.0726. The van der Waals surface area contributed by atoms with Gasteiger partial charge in [-0.3, -0.25) is 4.79 Å². The van der Waals surface area contributed by atoms with Crippen LogP contribution in [-0.2, 0) is 9.84 Å². The molecule has 0 fully saturated rings. The maximum atomic E-state index is 13.7. The molecule has 0 spiro atoms. The number of carbonyl (C=O) groups is 1. The summed E-state index contributed by atoms with van der Waals surface area (Å²) >= 11 is 1.03. The van der Waals surface area contributed by atoms with Crippen molar-refractivity contribution in [1.82, 2.24) is 0 Å². The first-order valence-corrected chi connectivity index (χ1v) is 13.2. The molecule has 0 saturated carbocycles. The fourth-order valence-corrected chi connectivity index (χ4v) is 6.99. The number of methoxy groups -OCH3 is 1. The quantitative estimate of drug-likeness (QED) is 0.295. The van der Waals surface area contributed by atoms with E-state index in [1.807, 2.05) is 32.9 Å². The van der Waals surface area contributed by atoms with E-state index in [-0.39, 0.29) is 26.1 Å². The summed E-state index contributed by atoms with van der Waals surface area (Å²) in [5, 5.41) is 3.58. The molecule has 0 aliphatic carbocycles.